The molecule has 1 aromatic heterocycles. The van der Waals surface area contributed by atoms with Crippen molar-refractivity contribution in [1.82, 2.24) is 20.1 Å². The molecule has 1 saturated carbocycles. The van der Waals surface area contributed by atoms with Gasteiger partial charge >= 0.3 is 6.03 Å². The molecule has 2 aromatic rings. The number of aliphatic hydroxyl groups excluding tert-OH is 1. The molecule has 2 amide bonds. The molecule has 0 bridgehead atoms. The van der Waals surface area contributed by atoms with Crippen molar-refractivity contribution in [1.29, 1.82) is 0 Å². The molecule has 0 spiro atoms. The third kappa shape index (κ3) is 4.17. The van der Waals surface area contributed by atoms with Crippen LogP contribution in [0.15, 0.2) is 24.3 Å². The highest BCUT2D eigenvalue weighted by Gasteiger charge is 2.42. The van der Waals surface area contributed by atoms with Gasteiger partial charge in [-0.05, 0) is 57.2 Å². The molecule has 0 radical (unpaired) electrons. The standard InChI is InChI=1S/C18H25N5O2/c1-12-19-13(2)23(22-12)10-14-5-4-6-16(9-14)20-17(25)21-18(3,11-24)15-7-8-15/h4-6,9,15,24H,7-8,10-11H2,1-3H3,(H2,20,21,25)/t18-/m0/s1. The van der Waals surface area contributed by atoms with Gasteiger partial charge in [-0.1, -0.05) is 12.1 Å². The van der Waals surface area contributed by atoms with Crippen LogP contribution in [0.25, 0.3) is 0 Å². The van der Waals surface area contributed by atoms with Crippen LogP contribution in [0.5, 0.6) is 0 Å². The largest absolute Gasteiger partial charge is 0.394 e. The lowest BCUT2D eigenvalue weighted by molar-refractivity contribution is 0.159. The molecule has 1 fully saturated rings. The molecule has 1 heterocycles. The summed E-state index contributed by atoms with van der Waals surface area (Å²) in [4.78, 5) is 16.6. The minimum absolute atomic E-state index is 0.0595. The summed E-state index contributed by atoms with van der Waals surface area (Å²) in [6, 6.07) is 7.35. The quantitative estimate of drug-likeness (QED) is 0.750. The van der Waals surface area contributed by atoms with Crippen molar-refractivity contribution in [2.45, 2.75) is 45.7 Å². The summed E-state index contributed by atoms with van der Waals surface area (Å²) >= 11 is 0. The first-order chi connectivity index (χ1) is 11.9. The van der Waals surface area contributed by atoms with Gasteiger partial charge in [0, 0.05) is 5.69 Å². The molecular formula is C18H25N5O2. The minimum atomic E-state index is -0.558. The van der Waals surface area contributed by atoms with Crippen LogP contribution in [-0.4, -0.2) is 38.0 Å². The van der Waals surface area contributed by atoms with E-state index in [0.29, 0.717) is 18.2 Å². The van der Waals surface area contributed by atoms with Gasteiger partial charge in [0.15, 0.2) is 0 Å². The number of benzene rings is 1. The smallest absolute Gasteiger partial charge is 0.319 e. The van der Waals surface area contributed by atoms with Gasteiger partial charge in [-0.2, -0.15) is 5.10 Å². The molecule has 1 atom stereocenters. The number of aromatic nitrogens is 3. The Hall–Kier alpha value is -2.41. The third-order valence-electron chi connectivity index (χ3n) is 4.69. The summed E-state index contributed by atoms with van der Waals surface area (Å²) < 4.78 is 1.84. The number of nitrogens with one attached hydrogen (secondary N) is 2. The fraction of sp³-hybridized carbons (Fsp3) is 0.500. The summed E-state index contributed by atoms with van der Waals surface area (Å²) in [5.41, 5.74) is 1.18. The van der Waals surface area contributed by atoms with E-state index < -0.39 is 5.54 Å². The maximum absolute atomic E-state index is 12.3. The fourth-order valence-corrected chi connectivity index (χ4v) is 3.04. The van der Waals surface area contributed by atoms with Crippen LogP contribution in [0.1, 0.15) is 37.0 Å². The number of nitrogens with zero attached hydrogens (tertiary/aromatic N) is 3. The second-order valence-corrected chi connectivity index (χ2v) is 6.99. The number of carbonyl (C=O) groups excluding carboxylic acids is 1. The summed E-state index contributed by atoms with van der Waals surface area (Å²) in [7, 11) is 0. The lowest BCUT2D eigenvalue weighted by atomic mass is 9.97. The zero-order valence-electron chi connectivity index (χ0n) is 14.9. The maximum Gasteiger partial charge on any atom is 0.319 e. The fourth-order valence-electron chi connectivity index (χ4n) is 3.04. The van der Waals surface area contributed by atoms with E-state index in [0.717, 1.165) is 30.1 Å². The molecule has 0 unspecified atom stereocenters. The molecule has 134 valence electrons. The van der Waals surface area contributed by atoms with Gasteiger partial charge in [-0.3, -0.25) is 0 Å². The topological polar surface area (TPSA) is 92.1 Å². The van der Waals surface area contributed by atoms with E-state index in [1.807, 2.05) is 49.7 Å². The van der Waals surface area contributed by atoms with Crippen LogP contribution in [0.4, 0.5) is 10.5 Å². The predicted octanol–water partition coefficient (Wildman–Crippen LogP) is 2.23. The van der Waals surface area contributed by atoms with Gasteiger partial charge in [0.1, 0.15) is 11.6 Å². The predicted molar refractivity (Wildman–Crippen MR) is 95.4 cm³/mol. The average Bonchev–Trinajstić information content (AvgIpc) is 3.35. The normalized spacial score (nSPS) is 16.3. The number of hydrogen-bond acceptors (Lipinski definition) is 4. The Bertz CT molecular complexity index is 769. The molecule has 3 N–H and O–H groups in total. The Morgan fingerprint density at radius 3 is 2.76 bits per heavy atom. The molecule has 7 nitrogen and oxygen atoms in total. The highest BCUT2D eigenvalue weighted by Crippen LogP contribution is 2.39. The third-order valence-corrected chi connectivity index (χ3v) is 4.69. The number of rotatable bonds is 6. The van der Waals surface area contributed by atoms with Crippen LogP contribution in [0.2, 0.25) is 0 Å². The molecule has 1 aromatic carbocycles. The van der Waals surface area contributed by atoms with Crippen molar-refractivity contribution < 1.29 is 9.90 Å². The van der Waals surface area contributed by atoms with E-state index in [-0.39, 0.29) is 12.6 Å². The summed E-state index contributed by atoms with van der Waals surface area (Å²) in [6.07, 6.45) is 2.09. The van der Waals surface area contributed by atoms with Crippen molar-refractivity contribution >= 4 is 11.7 Å². The van der Waals surface area contributed by atoms with E-state index in [2.05, 4.69) is 20.7 Å². The average molecular weight is 343 g/mol. The van der Waals surface area contributed by atoms with Crippen LogP contribution >= 0.6 is 0 Å². The monoisotopic (exact) mass is 343 g/mol. The Morgan fingerprint density at radius 1 is 1.40 bits per heavy atom. The van der Waals surface area contributed by atoms with Gasteiger partial charge in [0.05, 0.1) is 18.7 Å². The van der Waals surface area contributed by atoms with Crippen molar-refractivity contribution in [3.63, 3.8) is 0 Å². The van der Waals surface area contributed by atoms with Crippen molar-refractivity contribution in [3.8, 4) is 0 Å². The van der Waals surface area contributed by atoms with Crippen LogP contribution in [-0.2, 0) is 6.54 Å². The first kappa shape index (κ1) is 17.4. The summed E-state index contributed by atoms with van der Waals surface area (Å²) in [6.45, 7) is 6.21. The van der Waals surface area contributed by atoms with Crippen LogP contribution < -0.4 is 10.6 Å². The SMILES string of the molecule is Cc1nc(C)n(Cc2cccc(NC(=O)N[C@@](C)(CO)C3CC3)c2)n1. The Morgan fingerprint density at radius 2 is 2.16 bits per heavy atom. The minimum Gasteiger partial charge on any atom is -0.394 e. The van der Waals surface area contributed by atoms with Crippen molar-refractivity contribution in [2.75, 3.05) is 11.9 Å². The molecule has 3 rings (SSSR count). The molecule has 7 heteroatoms. The van der Waals surface area contributed by atoms with E-state index in [1.54, 1.807) is 0 Å². The van der Waals surface area contributed by atoms with Crippen LogP contribution in [0, 0.1) is 19.8 Å². The number of anilines is 1. The number of aliphatic hydroxyl groups is 1. The Balaban J connectivity index is 1.65. The molecule has 1 aliphatic carbocycles. The number of carbonyl (C=O) groups is 1. The van der Waals surface area contributed by atoms with E-state index >= 15 is 0 Å². The Labute approximate surface area is 147 Å². The highest BCUT2D eigenvalue weighted by atomic mass is 16.3. The second-order valence-electron chi connectivity index (χ2n) is 6.99. The zero-order chi connectivity index (χ0) is 18.0. The molecule has 1 aliphatic rings. The number of urea groups is 1. The van der Waals surface area contributed by atoms with Crippen molar-refractivity contribution in [3.05, 3.63) is 41.5 Å². The number of amides is 2. The molecule has 25 heavy (non-hydrogen) atoms. The zero-order valence-corrected chi connectivity index (χ0v) is 14.9. The highest BCUT2D eigenvalue weighted by molar-refractivity contribution is 5.89. The van der Waals surface area contributed by atoms with Gasteiger partial charge in [0.25, 0.3) is 0 Å². The van der Waals surface area contributed by atoms with E-state index in [9.17, 15) is 9.90 Å². The van der Waals surface area contributed by atoms with Crippen molar-refractivity contribution in [2.24, 2.45) is 5.92 Å². The lowest BCUT2D eigenvalue weighted by Gasteiger charge is -2.28. The van der Waals surface area contributed by atoms with Gasteiger partial charge < -0.3 is 15.7 Å². The van der Waals surface area contributed by atoms with Gasteiger partial charge in [-0.15, -0.1) is 0 Å². The second kappa shape index (κ2) is 6.84. The van der Waals surface area contributed by atoms with E-state index in [1.165, 1.54) is 0 Å². The number of aryl methyl sites for hydroxylation is 2. The number of hydrogen-bond donors (Lipinski definition) is 3. The lowest BCUT2D eigenvalue weighted by Crippen LogP contribution is -2.52. The summed E-state index contributed by atoms with van der Waals surface area (Å²) in [5.74, 6) is 1.96. The van der Waals surface area contributed by atoms with E-state index in [4.69, 9.17) is 0 Å². The van der Waals surface area contributed by atoms with Crippen LogP contribution in [0.3, 0.4) is 0 Å². The Kier molecular flexibility index (Phi) is 4.76. The van der Waals surface area contributed by atoms with Gasteiger partial charge in [-0.25, -0.2) is 14.5 Å². The first-order valence-corrected chi connectivity index (χ1v) is 8.56. The maximum atomic E-state index is 12.3. The molecule has 0 saturated heterocycles. The molecular weight excluding hydrogens is 318 g/mol. The first-order valence-electron chi connectivity index (χ1n) is 8.56. The summed E-state index contributed by atoms with van der Waals surface area (Å²) in [5, 5.41) is 19.7. The van der Waals surface area contributed by atoms with Gasteiger partial charge in [0.2, 0.25) is 0 Å². The molecule has 0 aliphatic heterocycles.